The average Bonchev–Trinajstić information content (AvgIpc) is 2.59. The minimum absolute atomic E-state index is 0.0242. The normalized spacial score (nSPS) is 43.6. The molecular formula is C15H20O3. The predicted molar refractivity (Wildman–Crippen MR) is 66.8 cm³/mol. The summed E-state index contributed by atoms with van der Waals surface area (Å²) in [5.41, 5.74) is 1.96. The lowest BCUT2D eigenvalue weighted by Gasteiger charge is -2.50. The van der Waals surface area contributed by atoms with Crippen molar-refractivity contribution in [3.05, 3.63) is 11.1 Å². The highest BCUT2D eigenvalue weighted by Gasteiger charge is 2.53. The van der Waals surface area contributed by atoms with Gasteiger partial charge in [0, 0.05) is 17.9 Å². The van der Waals surface area contributed by atoms with Gasteiger partial charge in [0.05, 0.1) is 0 Å². The number of Topliss-reactive ketones (excluding diaryl/α,β-unsaturated/α-hetero) is 1. The standard InChI is InChI=1S/C15H20O3/c1-8-4-5-12(16)11-6-13-10(7-15(8,11)3)9(2)14(17)18-13/h8,11,13H,4-7H2,1-3H3. The molecule has 0 N–H and O–H groups in total. The van der Waals surface area contributed by atoms with Gasteiger partial charge in [0.25, 0.3) is 0 Å². The number of esters is 1. The van der Waals surface area contributed by atoms with E-state index >= 15 is 0 Å². The molecule has 3 heteroatoms. The zero-order chi connectivity index (χ0) is 13.1. The molecule has 0 aromatic rings. The van der Waals surface area contributed by atoms with Crippen molar-refractivity contribution in [3.8, 4) is 0 Å². The molecule has 1 heterocycles. The Hall–Kier alpha value is -1.12. The predicted octanol–water partition coefficient (Wildman–Crippen LogP) is 2.64. The van der Waals surface area contributed by atoms with Crippen LogP contribution in [0.25, 0.3) is 0 Å². The summed E-state index contributed by atoms with van der Waals surface area (Å²) < 4.78 is 5.39. The number of carbonyl (C=O) groups is 2. The molecule has 4 atom stereocenters. The van der Waals surface area contributed by atoms with E-state index in [0.717, 1.165) is 24.0 Å². The second kappa shape index (κ2) is 3.69. The number of rotatable bonds is 0. The molecule has 2 fully saturated rings. The fraction of sp³-hybridized carbons (Fsp3) is 0.733. The van der Waals surface area contributed by atoms with Crippen LogP contribution >= 0.6 is 0 Å². The molecule has 18 heavy (non-hydrogen) atoms. The summed E-state index contributed by atoms with van der Waals surface area (Å²) in [6.45, 7) is 6.32. The molecule has 2 saturated carbocycles. The second-order valence-corrected chi connectivity index (χ2v) is 6.42. The van der Waals surface area contributed by atoms with Crippen LogP contribution in [0.5, 0.6) is 0 Å². The Balaban J connectivity index is 2.00. The van der Waals surface area contributed by atoms with Gasteiger partial charge in [-0.2, -0.15) is 0 Å². The van der Waals surface area contributed by atoms with Gasteiger partial charge >= 0.3 is 5.97 Å². The molecule has 2 aliphatic carbocycles. The number of hydrogen-bond acceptors (Lipinski definition) is 3. The lowest BCUT2D eigenvalue weighted by molar-refractivity contribution is -0.147. The first kappa shape index (κ1) is 11.9. The molecule has 3 rings (SSSR count). The summed E-state index contributed by atoms with van der Waals surface area (Å²) in [7, 11) is 0. The Labute approximate surface area is 108 Å². The van der Waals surface area contributed by atoms with Gasteiger partial charge in [-0.25, -0.2) is 4.79 Å². The molecule has 0 aromatic carbocycles. The van der Waals surface area contributed by atoms with Crippen LogP contribution in [-0.2, 0) is 14.3 Å². The van der Waals surface area contributed by atoms with E-state index in [2.05, 4.69) is 13.8 Å². The van der Waals surface area contributed by atoms with Crippen molar-refractivity contribution in [1.29, 1.82) is 0 Å². The summed E-state index contributed by atoms with van der Waals surface area (Å²) in [6.07, 6.45) is 3.12. The molecule has 0 spiro atoms. The maximum atomic E-state index is 12.2. The maximum Gasteiger partial charge on any atom is 0.334 e. The average molecular weight is 248 g/mol. The molecule has 4 unspecified atom stereocenters. The van der Waals surface area contributed by atoms with Gasteiger partial charge in [-0.1, -0.05) is 13.8 Å². The fourth-order valence-corrected chi connectivity index (χ4v) is 3.99. The topological polar surface area (TPSA) is 43.4 Å². The first-order valence-electron chi connectivity index (χ1n) is 6.87. The van der Waals surface area contributed by atoms with Gasteiger partial charge in [-0.05, 0) is 43.1 Å². The molecule has 0 bridgehead atoms. The number of hydrogen-bond donors (Lipinski definition) is 0. The summed E-state index contributed by atoms with van der Waals surface area (Å²) in [6, 6.07) is 0. The van der Waals surface area contributed by atoms with Crippen molar-refractivity contribution >= 4 is 11.8 Å². The SMILES string of the molecule is CC1=C2CC3(C)C(C)CCC(=O)C3CC2OC1=O. The summed E-state index contributed by atoms with van der Waals surface area (Å²) >= 11 is 0. The van der Waals surface area contributed by atoms with Crippen molar-refractivity contribution in [2.75, 3.05) is 0 Å². The highest BCUT2D eigenvalue weighted by Crippen LogP contribution is 2.55. The van der Waals surface area contributed by atoms with E-state index in [9.17, 15) is 9.59 Å². The third-order valence-corrected chi connectivity index (χ3v) is 5.58. The van der Waals surface area contributed by atoms with Crippen molar-refractivity contribution in [1.82, 2.24) is 0 Å². The molecule has 1 aliphatic heterocycles. The van der Waals surface area contributed by atoms with E-state index in [-0.39, 0.29) is 23.4 Å². The van der Waals surface area contributed by atoms with Crippen molar-refractivity contribution < 1.29 is 14.3 Å². The van der Waals surface area contributed by atoms with Crippen LogP contribution in [0.3, 0.4) is 0 Å². The number of fused-ring (bicyclic) bond motifs is 2. The van der Waals surface area contributed by atoms with Crippen LogP contribution < -0.4 is 0 Å². The quantitative estimate of drug-likeness (QED) is 0.619. The van der Waals surface area contributed by atoms with Gasteiger partial charge in [-0.15, -0.1) is 0 Å². The van der Waals surface area contributed by atoms with Gasteiger partial charge in [0.15, 0.2) is 0 Å². The van der Waals surface area contributed by atoms with Crippen LogP contribution in [0.15, 0.2) is 11.1 Å². The van der Waals surface area contributed by atoms with E-state index in [1.54, 1.807) is 0 Å². The van der Waals surface area contributed by atoms with Crippen molar-refractivity contribution in [2.24, 2.45) is 17.3 Å². The van der Waals surface area contributed by atoms with Crippen LogP contribution in [0.2, 0.25) is 0 Å². The van der Waals surface area contributed by atoms with E-state index in [1.807, 2.05) is 6.92 Å². The highest BCUT2D eigenvalue weighted by atomic mass is 16.5. The lowest BCUT2D eigenvalue weighted by Crippen LogP contribution is -2.48. The van der Waals surface area contributed by atoms with E-state index in [1.165, 1.54) is 0 Å². The number of ether oxygens (including phenoxy) is 1. The van der Waals surface area contributed by atoms with Crippen LogP contribution in [-0.4, -0.2) is 17.9 Å². The zero-order valence-electron chi connectivity index (χ0n) is 11.3. The minimum Gasteiger partial charge on any atom is -0.454 e. The van der Waals surface area contributed by atoms with Gasteiger partial charge < -0.3 is 4.74 Å². The Morgan fingerprint density at radius 1 is 1.33 bits per heavy atom. The molecule has 0 radical (unpaired) electrons. The molecular weight excluding hydrogens is 228 g/mol. The lowest BCUT2D eigenvalue weighted by atomic mass is 9.54. The van der Waals surface area contributed by atoms with Crippen LogP contribution in [0.4, 0.5) is 0 Å². The van der Waals surface area contributed by atoms with Crippen molar-refractivity contribution in [3.63, 3.8) is 0 Å². The Morgan fingerprint density at radius 3 is 2.78 bits per heavy atom. The Bertz CT molecular complexity index is 462. The number of carbonyl (C=O) groups excluding carboxylic acids is 2. The second-order valence-electron chi connectivity index (χ2n) is 6.42. The van der Waals surface area contributed by atoms with Crippen LogP contribution in [0, 0.1) is 17.3 Å². The summed E-state index contributed by atoms with van der Waals surface area (Å²) in [5.74, 6) is 0.804. The maximum absolute atomic E-state index is 12.2. The van der Waals surface area contributed by atoms with Gasteiger partial charge in [0.1, 0.15) is 11.9 Å². The minimum atomic E-state index is -0.183. The first-order chi connectivity index (χ1) is 8.43. The van der Waals surface area contributed by atoms with Crippen molar-refractivity contribution in [2.45, 2.75) is 52.6 Å². The molecule has 3 nitrogen and oxygen atoms in total. The molecule has 0 aromatic heterocycles. The third-order valence-electron chi connectivity index (χ3n) is 5.58. The Kier molecular flexibility index (Phi) is 2.45. The fourth-order valence-electron chi connectivity index (χ4n) is 3.99. The van der Waals surface area contributed by atoms with Crippen LogP contribution in [0.1, 0.15) is 46.5 Å². The Morgan fingerprint density at radius 2 is 2.06 bits per heavy atom. The molecule has 98 valence electrons. The zero-order valence-corrected chi connectivity index (χ0v) is 11.3. The van der Waals surface area contributed by atoms with Gasteiger partial charge in [0.2, 0.25) is 0 Å². The van der Waals surface area contributed by atoms with E-state index < -0.39 is 0 Å². The highest BCUT2D eigenvalue weighted by molar-refractivity contribution is 5.92. The van der Waals surface area contributed by atoms with Gasteiger partial charge in [-0.3, -0.25) is 4.79 Å². The first-order valence-corrected chi connectivity index (χ1v) is 6.87. The number of ketones is 1. The monoisotopic (exact) mass is 248 g/mol. The third kappa shape index (κ3) is 1.42. The molecule has 0 saturated heterocycles. The van der Waals surface area contributed by atoms with E-state index in [4.69, 9.17) is 4.74 Å². The molecule has 3 aliphatic rings. The largest absolute Gasteiger partial charge is 0.454 e. The summed E-state index contributed by atoms with van der Waals surface area (Å²) in [5, 5.41) is 0. The van der Waals surface area contributed by atoms with E-state index in [0.29, 0.717) is 24.5 Å². The molecule has 0 amide bonds. The smallest absolute Gasteiger partial charge is 0.334 e. The summed E-state index contributed by atoms with van der Waals surface area (Å²) in [4.78, 5) is 23.8.